The Morgan fingerprint density at radius 2 is 1.97 bits per heavy atom. The number of aliphatic carboxylic acids is 1. The van der Waals surface area contributed by atoms with Gasteiger partial charge in [0, 0.05) is 18.7 Å². The van der Waals surface area contributed by atoms with Crippen molar-refractivity contribution in [1.29, 1.82) is 0 Å². The Balaban J connectivity index is 2.32. The van der Waals surface area contributed by atoms with Crippen LogP contribution in [0.4, 0.5) is 17.6 Å². The SMILES string of the molecule is COc1ccc(F)cc1C(C)(C)CC(O)(CN1CCCC(C(=O)O)C1)C(F)(F)F. The number of carboxylic acids is 1. The Bertz CT molecular complexity index is 738. The number of likely N-dealkylation sites (tertiary alicyclic amines) is 1. The second kappa shape index (κ2) is 8.47. The van der Waals surface area contributed by atoms with Crippen molar-refractivity contribution in [3.05, 3.63) is 29.6 Å². The number of carbonyl (C=O) groups is 1. The first-order chi connectivity index (χ1) is 13.3. The molecule has 164 valence electrons. The maximum absolute atomic E-state index is 13.9. The van der Waals surface area contributed by atoms with E-state index in [4.69, 9.17) is 4.74 Å². The van der Waals surface area contributed by atoms with Gasteiger partial charge in [0.1, 0.15) is 11.6 Å². The highest BCUT2D eigenvalue weighted by molar-refractivity contribution is 5.70. The maximum Gasteiger partial charge on any atom is 0.418 e. The van der Waals surface area contributed by atoms with Gasteiger partial charge >= 0.3 is 12.1 Å². The van der Waals surface area contributed by atoms with E-state index >= 15 is 0 Å². The van der Waals surface area contributed by atoms with Crippen molar-refractivity contribution in [2.75, 3.05) is 26.7 Å². The molecule has 1 heterocycles. The van der Waals surface area contributed by atoms with Gasteiger partial charge in [0.05, 0.1) is 13.0 Å². The van der Waals surface area contributed by atoms with Crippen molar-refractivity contribution < 1.29 is 37.3 Å². The normalized spacial score (nSPS) is 20.9. The number of piperidine rings is 1. The Hall–Kier alpha value is -1.87. The summed E-state index contributed by atoms with van der Waals surface area (Å²) in [7, 11) is 1.34. The molecule has 29 heavy (non-hydrogen) atoms. The van der Waals surface area contributed by atoms with E-state index in [1.807, 2.05) is 0 Å². The van der Waals surface area contributed by atoms with Gasteiger partial charge in [0.15, 0.2) is 5.60 Å². The van der Waals surface area contributed by atoms with Gasteiger partial charge in [-0.05, 0) is 49.4 Å². The predicted molar refractivity (Wildman–Crippen MR) is 98.4 cm³/mol. The molecule has 1 aliphatic rings. The van der Waals surface area contributed by atoms with Gasteiger partial charge in [0.2, 0.25) is 0 Å². The molecule has 0 amide bonds. The largest absolute Gasteiger partial charge is 0.496 e. The van der Waals surface area contributed by atoms with Crippen LogP contribution >= 0.6 is 0 Å². The number of aliphatic hydroxyl groups is 1. The molecule has 5 nitrogen and oxygen atoms in total. The molecule has 0 radical (unpaired) electrons. The molecular formula is C20H27F4NO4. The Labute approximate surface area is 167 Å². The second-order valence-corrected chi connectivity index (χ2v) is 8.35. The fourth-order valence-electron chi connectivity index (χ4n) is 4.05. The summed E-state index contributed by atoms with van der Waals surface area (Å²) in [5, 5.41) is 19.9. The number of nitrogens with zero attached hydrogens (tertiary/aromatic N) is 1. The average molecular weight is 421 g/mol. The van der Waals surface area contributed by atoms with Gasteiger partial charge in [-0.3, -0.25) is 9.69 Å². The van der Waals surface area contributed by atoms with Crippen molar-refractivity contribution in [3.8, 4) is 5.75 Å². The van der Waals surface area contributed by atoms with Crippen molar-refractivity contribution in [3.63, 3.8) is 0 Å². The van der Waals surface area contributed by atoms with Crippen LogP contribution in [-0.2, 0) is 10.2 Å². The first-order valence-corrected chi connectivity index (χ1v) is 9.37. The zero-order chi connectivity index (χ0) is 22.0. The van der Waals surface area contributed by atoms with E-state index in [0.717, 1.165) is 12.1 Å². The molecular weight excluding hydrogens is 394 g/mol. The van der Waals surface area contributed by atoms with E-state index in [9.17, 15) is 32.6 Å². The highest BCUT2D eigenvalue weighted by atomic mass is 19.4. The monoisotopic (exact) mass is 421 g/mol. The summed E-state index contributed by atoms with van der Waals surface area (Å²) < 4.78 is 60.7. The summed E-state index contributed by atoms with van der Waals surface area (Å²) in [6, 6.07) is 3.59. The van der Waals surface area contributed by atoms with E-state index in [0.29, 0.717) is 12.8 Å². The molecule has 2 atom stereocenters. The van der Waals surface area contributed by atoms with Gasteiger partial charge in [-0.2, -0.15) is 13.2 Å². The van der Waals surface area contributed by atoms with Gasteiger partial charge in [-0.25, -0.2) is 4.39 Å². The van der Waals surface area contributed by atoms with Gasteiger partial charge in [-0.15, -0.1) is 0 Å². The summed E-state index contributed by atoms with van der Waals surface area (Å²) in [5.74, 6) is -2.22. The Kier molecular flexibility index (Phi) is 6.84. The molecule has 1 fully saturated rings. The fraction of sp³-hybridized carbons (Fsp3) is 0.650. The fourth-order valence-corrected chi connectivity index (χ4v) is 4.05. The Morgan fingerprint density at radius 3 is 2.52 bits per heavy atom. The first kappa shape index (κ1) is 23.4. The smallest absolute Gasteiger partial charge is 0.418 e. The standard InChI is InChI=1S/C20H27F4NO4/c1-18(2,15-9-14(21)6-7-16(15)29-3)11-19(28,20(22,23)24)12-25-8-4-5-13(10-25)17(26)27/h6-7,9,13,28H,4-5,8,10-12H2,1-3H3,(H,26,27). The molecule has 0 bridgehead atoms. The topological polar surface area (TPSA) is 70.0 Å². The molecule has 0 aromatic heterocycles. The number of hydrogen-bond donors (Lipinski definition) is 2. The van der Waals surface area contributed by atoms with Gasteiger partial charge in [0.25, 0.3) is 0 Å². The van der Waals surface area contributed by atoms with Crippen LogP contribution in [0.15, 0.2) is 18.2 Å². The third kappa shape index (κ3) is 5.39. The van der Waals surface area contributed by atoms with E-state index in [1.165, 1.54) is 31.9 Å². The number of methoxy groups -OCH3 is 1. The lowest BCUT2D eigenvalue weighted by atomic mass is 9.74. The van der Waals surface area contributed by atoms with Crippen molar-refractivity contribution in [2.24, 2.45) is 5.92 Å². The molecule has 2 rings (SSSR count). The number of halogens is 4. The molecule has 0 aliphatic carbocycles. The number of alkyl halides is 3. The lowest BCUT2D eigenvalue weighted by Crippen LogP contribution is -2.57. The highest BCUT2D eigenvalue weighted by Crippen LogP contribution is 2.44. The lowest BCUT2D eigenvalue weighted by Gasteiger charge is -2.42. The van der Waals surface area contributed by atoms with E-state index in [-0.39, 0.29) is 24.4 Å². The number of β-amino-alcohol motifs (C(OH)–C–C–N with tert-alkyl or cyclic N) is 1. The van der Waals surface area contributed by atoms with Gasteiger partial charge < -0.3 is 14.9 Å². The number of ether oxygens (including phenoxy) is 1. The van der Waals surface area contributed by atoms with E-state index in [2.05, 4.69) is 0 Å². The van der Waals surface area contributed by atoms with Crippen LogP contribution in [0.5, 0.6) is 5.75 Å². The van der Waals surface area contributed by atoms with Crippen molar-refractivity contribution in [1.82, 2.24) is 4.90 Å². The van der Waals surface area contributed by atoms with Crippen LogP contribution in [-0.4, -0.2) is 59.6 Å². The summed E-state index contributed by atoms with van der Waals surface area (Å²) in [4.78, 5) is 12.6. The molecule has 1 aromatic carbocycles. The van der Waals surface area contributed by atoms with Crippen LogP contribution in [0.2, 0.25) is 0 Å². The van der Waals surface area contributed by atoms with E-state index in [1.54, 1.807) is 0 Å². The summed E-state index contributed by atoms with van der Waals surface area (Å²) in [6.45, 7) is 2.43. The molecule has 1 aromatic rings. The van der Waals surface area contributed by atoms with Crippen molar-refractivity contribution in [2.45, 2.75) is 50.3 Å². The number of carboxylic acid groups (broad SMARTS) is 1. The summed E-state index contributed by atoms with van der Waals surface area (Å²) in [6.07, 6.45) is -4.87. The number of benzene rings is 1. The van der Waals surface area contributed by atoms with Crippen molar-refractivity contribution >= 4 is 5.97 Å². The summed E-state index contributed by atoms with van der Waals surface area (Å²) >= 11 is 0. The van der Waals surface area contributed by atoms with Gasteiger partial charge in [-0.1, -0.05) is 13.8 Å². The second-order valence-electron chi connectivity index (χ2n) is 8.35. The van der Waals surface area contributed by atoms with Crippen LogP contribution < -0.4 is 4.74 Å². The zero-order valence-electron chi connectivity index (χ0n) is 16.7. The first-order valence-electron chi connectivity index (χ1n) is 9.37. The van der Waals surface area contributed by atoms with Crippen LogP contribution in [0, 0.1) is 11.7 Å². The minimum Gasteiger partial charge on any atom is -0.496 e. The van der Waals surface area contributed by atoms with E-state index < -0.39 is 47.9 Å². The third-order valence-corrected chi connectivity index (χ3v) is 5.49. The quantitative estimate of drug-likeness (QED) is 0.659. The Morgan fingerprint density at radius 1 is 1.31 bits per heavy atom. The molecule has 2 N–H and O–H groups in total. The summed E-state index contributed by atoms with van der Waals surface area (Å²) in [5.41, 5.74) is -4.17. The van der Waals surface area contributed by atoms with Crippen LogP contribution in [0.25, 0.3) is 0 Å². The molecule has 9 heteroatoms. The minimum atomic E-state index is -4.96. The molecule has 0 spiro atoms. The zero-order valence-corrected chi connectivity index (χ0v) is 16.7. The lowest BCUT2D eigenvalue weighted by molar-refractivity contribution is -0.272. The molecule has 2 unspecified atom stereocenters. The van der Waals surface area contributed by atoms with Crippen LogP contribution in [0.3, 0.4) is 0 Å². The molecule has 1 aliphatic heterocycles. The molecule has 1 saturated heterocycles. The number of rotatable bonds is 7. The highest BCUT2D eigenvalue weighted by Gasteiger charge is 2.57. The maximum atomic E-state index is 13.9. The average Bonchev–Trinajstić information content (AvgIpc) is 2.60. The third-order valence-electron chi connectivity index (χ3n) is 5.49. The molecule has 0 saturated carbocycles. The predicted octanol–water partition coefficient (Wildman–Crippen LogP) is 3.59. The van der Waals surface area contributed by atoms with Crippen LogP contribution in [0.1, 0.15) is 38.7 Å². The number of hydrogen-bond acceptors (Lipinski definition) is 4. The minimum absolute atomic E-state index is 0.0581.